The quantitative estimate of drug-likeness (QED) is 0.646. The maximum atomic E-state index is 12.7. The molecule has 1 aliphatic rings. The van der Waals surface area contributed by atoms with Crippen molar-refractivity contribution < 1.29 is 18.0 Å². The Bertz CT molecular complexity index is 307. The molecule has 1 atom stereocenters. The Kier molecular flexibility index (Phi) is 1.25. The van der Waals surface area contributed by atoms with Crippen LogP contribution in [0.25, 0.3) is 0 Å². The van der Waals surface area contributed by atoms with Crippen LogP contribution in [-0.4, -0.2) is 11.8 Å². The molecule has 1 aromatic heterocycles. The van der Waals surface area contributed by atoms with E-state index < -0.39 is 17.9 Å². The van der Waals surface area contributed by atoms with Crippen LogP contribution >= 0.6 is 0 Å². The van der Waals surface area contributed by atoms with Crippen molar-refractivity contribution in [2.45, 2.75) is 12.0 Å². The molecule has 1 saturated heterocycles. The van der Waals surface area contributed by atoms with Gasteiger partial charge in [0.05, 0.1) is 6.26 Å². The molecule has 0 aliphatic carbocycles. The minimum absolute atomic E-state index is 0.0830. The molecule has 64 valence electrons. The Hall–Kier alpha value is -1.39. The van der Waals surface area contributed by atoms with Crippen LogP contribution in [0.15, 0.2) is 22.8 Å². The fraction of sp³-hybridized carbons (Fsp3) is 0.286. The van der Waals surface area contributed by atoms with Gasteiger partial charge < -0.3 is 9.73 Å². The van der Waals surface area contributed by atoms with Crippen LogP contribution in [0.4, 0.5) is 8.78 Å². The maximum absolute atomic E-state index is 12.7. The molecule has 0 bridgehead atoms. The van der Waals surface area contributed by atoms with E-state index in [1.54, 1.807) is 0 Å². The van der Waals surface area contributed by atoms with Crippen molar-refractivity contribution in [3.8, 4) is 0 Å². The second kappa shape index (κ2) is 2.06. The summed E-state index contributed by atoms with van der Waals surface area (Å²) in [6, 6.07) is 1.61. The number of β-lactam (4-membered cyclic amide) rings is 1. The van der Waals surface area contributed by atoms with Crippen molar-refractivity contribution in [1.82, 2.24) is 5.32 Å². The topological polar surface area (TPSA) is 42.2 Å². The summed E-state index contributed by atoms with van der Waals surface area (Å²) in [7, 11) is 0. The highest BCUT2D eigenvalue weighted by molar-refractivity contribution is 5.91. The Morgan fingerprint density at radius 2 is 2.33 bits per heavy atom. The van der Waals surface area contributed by atoms with E-state index in [2.05, 4.69) is 5.32 Å². The first kappa shape index (κ1) is 7.27. The Morgan fingerprint density at radius 3 is 2.75 bits per heavy atom. The average Bonchev–Trinajstić information content (AvgIpc) is 2.51. The largest absolute Gasteiger partial charge is 0.467 e. The number of hydrogen-bond donors (Lipinski definition) is 1. The molecule has 2 rings (SSSR count). The Balaban J connectivity index is 2.25. The van der Waals surface area contributed by atoms with Crippen molar-refractivity contribution in [3.05, 3.63) is 24.2 Å². The lowest BCUT2D eigenvalue weighted by Crippen LogP contribution is -2.61. The number of nitrogens with one attached hydrogen (secondary N) is 1. The van der Waals surface area contributed by atoms with Crippen LogP contribution in [0.5, 0.6) is 0 Å². The van der Waals surface area contributed by atoms with Crippen molar-refractivity contribution in [3.63, 3.8) is 0 Å². The first-order chi connectivity index (χ1) is 5.62. The van der Waals surface area contributed by atoms with Crippen molar-refractivity contribution in [2.75, 3.05) is 0 Å². The number of halogens is 2. The van der Waals surface area contributed by atoms with Gasteiger partial charge in [0.25, 0.3) is 5.91 Å². The zero-order valence-electron chi connectivity index (χ0n) is 5.88. The molecular weight excluding hydrogens is 168 g/mol. The fourth-order valence-electron chi connectivity index (χ4n) is 1.08. The van der Waals surface area contributed by atoms with E-state index in [1.165, 1.54) is 18.4 Å². The fourth-order valence-corrected chi connectivity index (χ4v) is 1.08. The number of furan rings is 1. The number of alkyl halides is 2. The van der Waals surface area contributed by atoms with Gasteiger partial charge in [-0.15, -0.1) is 0 Å². The van der Waals surface area contributed by atoms with Gasteiger partial charge in [0.15, 0.2) is 6.04 Å². The molecule has 1 aromatic rings. The van der Waals surface area contributed by atoms with Gasteiger partial charge in [-0.25, -0.2) is 0 Å². The van der Waals surface area contributed by atoms with Gasteiger partial charge in [-0.05, 0) is 12.1 Å². The zero-order chi connectivity index (χ0) is 8.77. The van der Waals surface area contributed by atoms with Gasteiger partial charge in [0.1, 0.15) is 5.76 Å². The first-order valence-electron chi connectivity index (χ1n) is 3.34. The van der Waals surface area contributed by atoms with E-state index in [1.807, 2.05) is 0 Å². The van der Waals surface area contributed by atoms with E-state index in [9.17, 15) is 13.6 Å². The van der Waals surface area contributed by atoms with E-state index in [4.69, 9.17) is 4.42 Å². The van der Waals surface area contributed by atoms with E-state index in [0.717, 1.165) is 0 Å². The van der Waals surface area contributed by atoms with Crippen molar-refractivity contribution in [2.24, 2.45) is 0 Å². The summed E-state index contributed by atoms with van der Waals surface area (Å²) in [5, 5.41) is 2.05. The first-order valence-corrected chi connectivity index (χ1v) is 3.34. The van der Waals surface area contributed by atoms with Gasteiger partial charge >= 0.3 is 5.92 Å². The number of hydrogen-bond acceptors (Lipinski definition) is 2. The summed E-state index contributed by atoms with van der Waals surface area (Å²) in [6.07, 6.45) is 1.29. The summed E-state index contributed by atoms with van der Waals surface area (Å²) >= 11 is 0. The molecule has 1 aliphatic heterocycles. The van der Waals surface area contributed by atoms with Crippen LogP contribution in [0.1, 0.15) is 11.8 Å². The normalized spacial score (nSPS) is 26.2. The van der Waals surface area contributed by atoms with Gasteiger partial charge in [-0.3, -0.25) is 4.79 Å². The SMILES string of the molecule is O=C1NC(c2ccco2)C1(F)F. The number of carbonyl (C=O) groups excluding carboxylic acids is 1. The molecular formula is C7H5F2NO2. The summed E-state index contributed by atoms with van der Waals surface area (Å²) in [4.78, 5) is 10.4. The van der Waals surface area contributed by atoms with Crippen LogP contribution in [-0.2, 0) is 4.79 Å². The molecule has 3 nitrogen and oxygen atoms in total. The predicted molar refractivity (Wildman–Crippen MR) is 34.5 cm³/mol. The average molecular weight is 173 g/mol. The molecule has 0 spiro atoms. The lowest BCUT2D eigenvalue weighted by atomic mass is 9.99. The maximum Gasteiger partial charge on any atom is 0.351 e. The highest BCUT2D eigenvalue weighted by Crippen LogP contribution is 2.38. The molecule has 2 heterocycles. The molecule has 5 heteroatoms. The zero-order valence-corrected chi connectivity index (χ0v) is 5.88. The van der Waals surface area contributed by atoms with E-state index in [-0.39, 0.29) is 5.76 Å². The monoisotopic (exact) mass is 173 g/mol. The molecule has 1 amide bonds. The summed E-state index contributed by atoms with van der Waals surface area (Å²) < 4.78 is 30.1. The van der Waals surface area contributed by atoms with Gasteiger partial charge in [-0.2, -0.15) is 8.78 Å². The van der Waals surface area contributed by atoms with Gasteiger partial charge in [0, 0.05) is 0 Å². The third-order valence-corrected chi connectivity index (χ3v) is 1.77. The molecule has 1 fully saturated rings. The minimum Gasteiger partial charge on any atom is -0.467 e. The van der Waals surface area contributed by atoms with Gasteiger partial charge in [0.2, 0.25) is 0 Å². The second-order valence-electron chi connectivity index (χ2n) is 2.54. The summed E-state index contributed by atoms with van der Waals surface area (Å²) in [5.74, 6) is -4.48. The summed E-state index contributed by atoms with van der Waals surface area (Å²) in [5.41, 5.74) is 0. The standard InChI is InChI=1S/C7H5F2NO2/c8-7(9)5(10-6(7)11)4-2-1-3-12-4/h1-3,5H,(H,10,11). The smallest absolute Gasteiger partial charge is 0.351 e. The second-order valence-corrected chi connectivity index (χ2v) is 2.54. The molecule has 1 N–H and O–H groups in total. The molecule has 0 saturated carbocycles. The molecule has 12 heavy (non-hydrogen) atoms. The van der Waals surface area contributed by atoms with Crippen molar-refractivity contribution in [1.29, 1.82) is 0 Å². The Morgan fingerprint density at radius 1 is 1.58 bits per heavy atom. The van der Waals surface area contributed by atoms with Crippen molar-refractivity contribution >= 4 is 5.91 Å². The summed E-state index contributed by atoms with van der Waals surface area (Å²) in [6.45, 7) is 0. The van der Waals surface area contributed by atoms with E-state index >= 15 is 0 Å². The third-order valence-electron chi connectivity index (χ3n) is 1.77. The lowest BCUT2D eigenvalue weighted by molar-refractivity contribution is -0.172. The molecule has 0 radical (unpaired) electrons. The van der Waals surface area contributed by atoms with Crippen LogP contribution in [0.3, 0.4) is 0 Å². The minimum atomic E-state index is -3.32. The van der Waals surface area contributed by atoms with Crippen LogP contribution in [0.2, 0.25) is 0 Å². The number of rotatable bonds is 1. The highest BCUT2D eigenvalue weighted by atomic mass is 19.3. The van der Waals surface area contributed by atoms with Crippen LogP contribution in [0, 0.1) is 0 Å². The number of carbonyl (C=O) groups is 1. The lowest BCUT2D eigenvalue weighted by Gasteiger charge is -2.34. The van der Waals surface area contributed by atoms with Gasteiger partial charge in [-0.1, -0.05) is 0 Å². The third kappa shape index (κ3) is 0.760. The highest BCUT2D eigenvalue weighted by Gasteiger charge is 2.59. The molecule has 0 aromatic carbocycles. The predicted octanol–water partition coefficient (Wildman–Crippen LogP) is 1.09. The van der Waals surface area contributed by atoms with Crippen LogP contribution < -0.4 is 5.32 Å². The van der Waals surface area contributed by atoms with E-state index in [0.29, 0.717) is 0 Å². The molecule has 1 unspecified atom stereocenters. The number of amides is 1. The Labute approximate surface area is 66.4 Å².